The second kappa shape index (κ2) is 7.08. The van der Waals surface area contributed by atoms with Crippen LogP contribution in [0.1, 0.15) is 31.4 Å². The molecule has 1 aliphatic rings. The Morgan fingerprint density at radius 3 is 2.50 bits per heavy atom. The third kappa shape index (κ3) is 3.07. The van der Waals surface area contributed by atoms with Gasteiger partial charge in [-0.3, -0.25) is 4.79 Å². The predicted molar refractivity (Wildman–Crippen MR) is 97.5 cm³/mol. The summed E-state index contributed by atoms with van der Waals surface area (Å²) >= 11 is 6.30. The molecule has 1 aliphatic heterocycles. The summed E-state index contributed by atoms with van der Waals surface area (Å²) in [6.07, 6.45) is 0.265. The van der Waals surface area contributed by atoms with Crippen LogP contribution in [0.25, 0.3) is 11.3 Å². The number of phenolic OH excluding ortho intramolecular Hbond substituents is 1. The molecule has 2 aromatic carbocycles. The smallest absolute Gasteiger partial charge is 0.230 e. The predicted octanol–water partition coefficient (Wildman–Crippen LogP) is 5.08. The van der Waals surface area contributed by atoms with Crippen molar-refractivity contribution in [3.8, 4) is 5.75 Å². The second-order valence-corrected chi connectivity index (χ2v) is 6.68. The van der Waals surface area contributed by atoms with Crippen LogP contribution in [0.3, 0.4) is 0 Å². The van der Waals surface area contributed by atoms with E-state index in [-0.39, 0.29) is 41.8 Å². The maximum absolute atomic E-state index is 14.5. The van der Waals surface area contributed by atoms with E-state index in [1.165, 1.54) is 29.2 Å². The number of benzene rings is 2. The zero-order valence-electron chi connectivity index (χ0n) is 14.4. The first-order chi connectivity index (χ1) is 12.3. The zero-order valence-corrected chi connectivity index (χ0v) is 15.1. The SMILES string of the molecule is CCN1C(=O)C(C)CC(c2cc(O)ccc2Cl)=C1c1c(F)cccc1F. The van der Waals surface area contributed by atoms with Gasteiger partial charge in [0.15, 0.2) is 0 Å². The van der Waals surface area contributed by atoms with Gasteiger partial charge in [0.25, 0.3) is 0 Å². The molecular formula is C20H18ClF2NO2. The number of rotatable bonds is 3. The molecule has 0 saturated heterocycles. The Bertz CT molecular complexity index is 890. The molecule has 1 unspecified atom stereocenters. The minimum absolute atomic E-state index is 0.0159. The number of amides is 1. The molecule has 0 saturated carbocycles. The van der Waals surface area contributed by atoms with E-state index < -0.39 is 11.6 Å². The van der Waals surface area contributed by atoms with Crippen LogP contribution in [0, 0.1) is 17.6 Å². The number of halogens is 3. The van der Waals surface area contributed by atoms with Crippen LogP contribution >= 0.6 is 11.6 Å². The molecule has 1 amide bonds. The Balaban J connectivity index is 2.39. The van der Waals surface area contributed by atoms with Gasteiger partial charge >= 0.3 is 0 Å². The normalized spacial score (nSPS) is 17.8. The van der Waals surface area contributed by atoms with Crippen molar-refractivity contribution in [3.63, 3.8) is 0 Å². The number of hydrogen-bond donors (Lipinski definition) is 1. The van der Waals surface area contributed by atoms with E-state index >= 15 is 0 Å². The fourth-order valence-electron chi connectivity index (χ4n) is 3.34. The average molecular weight is 378 g/mol. The van der Waals surface area contributed by atoms with Crippen LogP contribution in [0.4, 0.5) is 8.78 Å². The summed E-state index contributed by atoms with van der Waals surface area (Å²) in [4.78, 5) is 14.0. The minimum Gasteiger partial charge on any atom is -0.508 e. The molecule has 136 valence electrons. The summed E-state index contributed by atoms with van der Waals surface area (Å²) in [5.41, 5.74) is 0.897. The molecule has 1 atom stereocenters. The van der Waals surface area contributed by atoms with Gasteiger partial charge < -0.3 is 10.0 Å². The third-order valence-electron chi connectivity index (χ3n) is 4.54. The van der Waals surface area contributed by atoms with Crippen molar-refractivity contribution in [2.24, 2.45) is 5.92 Å². The average Bonchev–Trinajstić information content (AvgIpc) is 2.60. The fourth-order valence-corrected chi connectivity index (χ4v) is 3.57. The van der Waals surface area contributed by atoms with E-state index in [0.717, 1.165) is 12.1 Å². The minimum atomic E-state index is -0.755. The summed E-state index contributed by atoms with van der Waals surface area (Å²) in [6, 6.07) is 8.00. The summed E-state index contributed by atoms with van der Waals surface area (Å²) in [5.74, 6) is -2.10. The molecule has 26 heavy (non-hydrogen) atoms. The van der Waals surface area contributed by atoms with Crippen LogP contribution in [-0.2, 0) is 4.79 Å². The van der Waals surface area contributed by atoms with E-state index in [1.807, 2.05) is 0 Å². The molecule has 3 nitrogen and oxygen atoms in total. The molecule has 1 N–H and O–H groups in total. The van der Waals surface area contributed by atoms with E-state index in [0.29, 0.717) is 16.2 Å². The molecule has 0 spiro atoms. The number of carbonyl (C=O) groups is 1. The van der Waals surface area contributed by atoms with Crippen molar-refractivity contribution in [2.75, 3.05) is 6.54 Å². The van der Waals surface area contributed by atoms with E-state index in [4.69, 9.17) is 11.6 Å². The highest BCUT2D eigenvalue weighted by Gasteiger charge is 2.35. The summed E-state index contributed by atoms with van der Waals surface area (Å²) in [6.45, 7) is 3.76. The van der Waals surface area contributed by atoms with E-state index in [9.17, 15) is 18.7 Å². The molecule has 0 fully saturated rings. The lowest BCUT2D eigenvalue weighted by Crippen LogP contribution is -2.38. The lowest BCUT2D eigenvalue weighted by molar-refractivity contribution is -0.131. The molecule has 2 aromatic rings. The number of aromatic hydroxyl groups is 1. The Hall–Kier alpha value is -2.40. The lowest BCUT2D eigenvalue weighted by atomic mass is 9.86. The van der Waals surface area contributed by atoms with Gasteiger partial charge in [0.05, 0.1) is 11.3 Å². The highest BCUT2D eigenvalue weighted by Crippen LogP contribution is 2.43. The van der Waals surface area contributed by atoms with Gasteiger partial charge in [-0.15, -0.1) is 0 Å². The fraction of sp³-hybridized carbons (Fsp3) is 0.250. The highest BCUT2D eigenvalue weighted by atomic mass is 35.5. The van der Waals surface area contributed by atoms with Crippen molar-refractivity contribution in [3.05, 3.63) is 64.2 Å². The van der Waals surface area contributed by atoms with Crippen molar-refractivity contribution in [2.45, 2.75) is 20.3 Å². The standard InChI is InChI=1S/C20H18ClF2NO2/c1-3-24-19(18-16(22)5-4-6-17(18)23)14(9-11(2)20(24)26)13-10-12(25)7-8-15(13)21/h4-8,10-11,25H,3,9H2,1-2H3. The zero-order chi connectivity index (χ0) is 19.0. The van der Waals surface area contributed by atoms with Crippen LogP contribution in [0.5, 0.6) is 5.75 Å². The molecule has 0 aliphatic carbocycles. The van der Waals surface area contributed by atoms with Gasteiger partial charge in [-0.1, -0.05) is 24.6 Å². The number of allylic oxidation sites excluding steroid dienone is 1. The first-order valence-electron chi connectivity index (χ1n) is 8.33. The first kappa shape index (κ1) is 18.4. The van der Waals surface area contributed by atoms with Gasteiger partial charge in [0.1, 0.15) is 17.4 Å². The maximum Gasteiger partial charge on any atom is 0.230 e. The highest BCUT2D eigenvalue weighted by molar-refractivity contribution is 6.32. The van der Waals surface area contributed by atoms with Crippen LogP contribution in [0.2, 0.25) is 5.02 Å². The van der Waals surface area contributed by atoms with Gasteiger partial charge in [-0.05, 0) is 49.2 Å². The number of carbonyl (C=O) groups excluding carboxylic acids is 1. The Labute approximate surface area is 155 Å². The molecule has 3 rings (SSSR count). The van der Waals surface area contributed by atoms with E-state index in [2.05, 4.69) is 0 Å². The number of phenols is 1. The van der Waals surface area contributed by atoms with Crippen LogP contribution < -0.4 is 0 Å². The lowest BCUT2D eigenvalue weighted by Gasteiger charge is -2.35. The summed E-state index contributed by atoms with van der Waals surface area (Å²) in [7, 11) is 0. The van der Waals surface area contributed by atoms with Crippen molar-refractivity contribution in [1.29, 1.82) is 0 Å². The molecule has 6 heteroatoms. The molecular weight excluding hydrogens is 360 g/mol. The first-order valence-corrected chi connectivity index (χ1v) is 8.70. The van der Waals surface area contributed by atoms with Gasteiger partial charge in [0, 0.05) is 23.0 Å². The number of hydrogen-bond acceptors (Lipinski definition) is 2. The Morgan fingerprint density at radius 1 is 1.23 bits per heavy atom. The van der Waals surface area contributed by atoms with Crippen molar-refractivity contribution >= 4 is 28.8 Å². The number of nitrogens with zero attached hydrogens (tertiary/aromatic N) is 1. The molecule has 0 radical (unpaired) electrons. The summed E-state index contributed by atoms with van der Waals surface area (Å²) < 4.78 is 29.1. The van der Waals surface area contributed by atoms with Gasteiger partial charge in [0.2, 0.25) is 5.91 Å². The quantitative estimate of drug-likeness (QED) is 0.810. The molecule has 1 heterocycles. The Kier molecular flexibility index (Phi) is 5.01. The largest absolute Gasteiger partial charge is 0.508 e. The third-order valence-corrected chi connectivity index (χ3v) is 4.87. The van der Waals surface area contributed by atoms with Gasteiger partial charge in [-0.25, -0.2) is 8.78 Å². The monoisotopic (exact) mass is 377 g/mol. The summed E-state index contributed by atoms with van der Waals surface area (Å²) in [5, 5.41) is 10.2. The Morgan fingerprint density at radius 2 is 1.88 bits per heavy atom. The van der Waals surface area contributed by atoms with Crippen molar-refractivity contribution in [1.82, 2.24) is 4.90 Å². The maximum atomic E-state index is 14.5. The van der Waals surface area contributed by atoms with Crippen LogP contribution in [0.15, 0.2) is 36.4 Å². The molecule has 0 aromatic heterocycles. The van der Waals surface area contributed by atoms with E-state index in [1.54, 1.807) is 13.8 Å². The van der Waals surface area contributed by atoms with Gasteiger partial charge in [-0.2, -0.15) is 0 Å². The second-order valence-electron chi connectivity index (χ2n) is 6.28. The molecule has 0 bridgehead atoms. The topological polar surface area (TPSA) is 40.5 Å². The van der Waals surface area contributed by atoms with Crippen LogP contribution in [-0.4, -0.2) is 22.5 Å². The van der Waals surface area contributed by atoms with Crippen molar-refractivity contribution < 1.29 is 18.7 Å².